The number of carboxylic acid groups (broad SMARTS) is 1. The highest BCUT2D eigenvalue weighted by molar-refractivity contribution is 7.23. The van der Waals surface area contributed by atoms with E-state index in [1.807, 2.05) is 0 Å². The van der Waals surface area contributed by atoms with Crippen LogP contribution in [0.5, 0.6) is 0 Å². The fraction of sp³-hybridized carbons (Fsp3) is 0. The standard InChI is InChI=1S/C12H5Cl2NO2S2/c13-9-4-6(10(14)19-9)11-15-7-2-1-5(12(16)17)3-8(7)18-11/h1-4H,(H,16,17). The van der Waals surface area contributed by atoms with Gasteiger partial charge in [-0.05, 0) is 24.3 Å². The summed E-state index contributed by atoms with van der Waals surface area (Å²) in [4.78, 5) is 15.4. The van der Waals surface area contributed by atoms with E-state index >= 15 is 0 Å². The predicted molar refractivity (Wildman–Crippen MR) is 79.9 cm³/mol. The van der Waals surface area contributed by atoms with Gasteiger partial charge in [0, 0.05) is 5.56 Å². The maximum atomic E-state index is 10.9. The summed E-state index contributed by atoms with van der Waals surface area (Å²) in [6, 6.07) is 6.61. The number of hydrogen-bond acceptors (Lipinski definition) is 4. The van der Waals surface area contributed by atoms with Crippen molar-refractivity contribution in [3.63, 3.8) is 0 Å². The highest BCUT2D eigenvalue weighted by Crippen LogP contribution is 2.41. The van der Waals surface area contributed by atoms with Crippen molar-refractivity contribution in [3.05, 3.63) is 38.5 Å². The summed E-state index contributed by atoms with van der Waals surface area (Å²) in [7, 11) is 0. The number of thiophene rings is 1. The first-order valence-corrected chi connectivity index (χ1v) is 7.52. The van der Waals surface area contributed by atoms with Crippen LogP contribution in [0.4, 0.5) is 0 Å². The van der Waals surface area contributed by atoms with Gasteiger partial charge in [0.1, 0.15) is 9.34 Å². The van der Waals surface area contributed by atoms with Gasteiger partial charge in [-0.15, -0.1) is 22.7 Å². The fourth-order valence-electron chi connectivity index (χ4n) is 1.66. The monoisotopic (exact) mass is 329 g/mol. The molecule has 0 fully saturated rings. The normalized spacial score (nSPS) is 11.1. The second-order valence-corrected chi connectivity index (χ2v) is 7.06. The molecular formula is C12H5Cl2NO2S2. The maximum absolute atomic E-state index is 10.9. The van der Waals surface area contributed by atoms with Gasteiger partial charge in [0.15, 0.2) is 0 Å². The van der Waals surface area contributed by atoms with Gasteiger partial charge in [-0.25, -0.2) is 9.78 Å². The third kappa shape index (κ3) is 2.34. The number of halogens is 2. The molecule has 19 heavy (non-hydrogen) atoms. The molecule has 0 atom stereocenters. The minimum Gasteiger partial charge on any atom is -0.478 e. The highest BCUT2D eigenvalue weighted by atomic mass is 35.5. The molecule has 0 radical (unpaired) electrons. The number of benzene rings is 1. The van der Waals surface area contributed by atoms with Gasteiger partial charge in [0.05, 0.1) is 20.1 Å². The molecule has 96 valence electrons. The number of rotatable bonds is 2. The zero-order chi connectivity index (χ0) is 13.6. The Bertz CT molecular complexity index is 794. The first-order valence-electron chi connectivity index (χ1n) is 5.13. The summed E-state index contributed by atoms with van der Waals surface area (Å²) in [6.07, 6.45) is 0. The number of fused-ring (bicyclic) bond motifs is 1. The number of carbonyl (C=O) groups is 1. The van der Waals surface area contributed by atoms with E-state index in [-0.39, 0.29) is 5.56 Å². The van der Waals surface area contributed by atoms with Gasteiger partial charge in [-0.3, -0.25) is 0 Å². The number of hydrogen-bond donors (Lipinski definition) is 1. The quantitative estimate of drug-likeness (QED) is 0.717. The number of nitrogens with zero attached hydrogens (tertiary/aromatic N) is 1. The molecule has 1 N–H and O–H groups in total. The lowest BCUT2D eigenvalue weighted by atomic mass is 10.2. The summed E-state index contributed by atoms with van der Waals surface area (Å²) in [5.41, 5.74) is 1.79. The molecule has 3 aromatic rings. The molecule has 1 aromatic carbocycles. The molecule has 0 unspecified atom stereocenters. The Morgan fingerprint density at radius 1 is 1.21 bits per heavy atom. The first kappa shape index (κ1) is 12.9. The second kappa shape index (κ2) is 4.76. The lowest BCUT2D eigenvalue weighted by molar-refractivity contribution is 0.0697. The van der Waals surface area contributed by atoms with Crippen LogP contribution in [0, 0.1) is 0 Å². The first-order chi connectivity index (χ1) is 9.04. The van der Waals surface area contributed by atoms with Crippen molar-refractivity contribution in [2.24, 2.45) is 0 Å². The molecule has 2 aromatic heterocycles. The molecular weight excluding hydrogens is 325 g/mol. The predicted octanol–water partition coefficient (Wildman–Crippen LogP) is 5.03. The van der Waals surface area contributed by atoms with E-state index < -0.39 is 5.97 Å². The largest absolute Gasteiger partial charge is 0.478 e. The Labute approximate surface area is 126 Å². The van der Waals surface area contributed by atoms with E-state index in [0.29, 0.717) is 8.67 Å². The highest BCUT2D eigenvalue weighted by Gasteiger charge is 2.14. The fourth-order valence-corrected chi connectivity index (χ4v) is 4.27. The zero-order valence-corrected chi connectivity index (χ0v) is 12.3. The van der Waals surface area contributed by atoms with Crippen LogP contribution in [-0.4, -0.2) is 16.1 Å². The van der Waals surface area contributed by atoms with Crippen LogP contribution in [0.3, 0.4) is 0 Å². The average molecular weight is 330 g/mol. The smallest absolute Gasteiger partial charge is 0.335 e. The number of aromatic nitrogens is 1. The minimum absolute atomic E-state index is 0.247. The van der Waals surface area contributed by atoms with E-state index in [4.69, 9.17) is 28.3 Å². The Morgan fingerprint density at radius 3 is 2.63 bits per heavy atom. The number of aromatic carboxylic acids is 1. The van der Waals surface area contributed by atoms with Gasteiger partial charge in [-0.1, -0.05) is 23.2 Å². The van der Waals surface area contributed by atoms with Crippen molar-refractivity contribution >= 4 is 62.1 Å². The van der Waals surface area contributed by atoms with Crippen LogP contribution in [0.15, 0.2) is 24.3 Å². The van der Waals surface area contributed by atoms with Crippen molar-refractivity contribution in [1.29, 1.82) is 0 Å². The van der Waals surface area contributed by atoms with E-state index in [1.54, 1.807) is 18.2 Å². The van der Waals surface area contributed by atoms with Crippen molar-refractivity contribution in [2.45, 2.75) is 0 Å². The molecule has 3 rings (SSSR count). The number of thiazole rings is 1. The van der Waals surface area contributed by atoms with Crippen LogP contribution in [0.25, 0.3) is 20.8 Å². The van der Waals surface area contributed by atoms with Crippen LogP contribution in [-0.2, 0) is 0 Å². The van der Waals surface area contributed by atoms with Gasteiger partial charge in [0.25, 0.3) is 0 Å². The molecule has 7 heteroatoms. The van der Waals surface area contributed by atoms with Crippen LogP contribution in [0.2, 0.25) is 8.67 Å². The SMILES string of the molecule is O=C(O)c1ccc2nc(-c3cc(Cl)sc3Cl)sc2c1. The van der Waals surface area contributed by atoms with E-state index in [0.717, 1.165) is 20.8 Å². The Morgan fingerprint density at radius 2 is 2.00 bits per heavy atom. The summed E-state index contributed by atoms with van der Waals surface area (Å²) in [6.45, 7) is 0. The Hall–Kier alpha value is -1.14. The molecule has 0 aliphatic carbocycles. The molecule has 0 saturated heterocycles. The van der Waals surface area contributed by atoms with Crippen LogP contribution >= 0.6 is 45.9 Å². The molecule has 0 aliphatic heterocycles. The van der Waals surface area contributed by atoms with Crippen molar-refractivity contribution in [2.75, 3.05) is 0 Å². The molecule has 0 spiro atoms. The molecule has 0 bridgehead atoms. The maximum Gasteiger partial charge on any atom is 0.335 e. The van der Waals surface area contributed by atoms with Crippen molar-refractivity contribution < 1.29 is 9.90 Å². The van der Waals surface area contributed by atoms with Gasteiger partial charge in [-0.2, -0.15) is 0 Å². The topological polar surface area (TPSA) is 50.2 Å². The number of carboxylic acids is 1. The second-order valence-electron chi connectivity index (χ2n) is 3.74. The average Bonchev–Trinajstić information content (AvgIpc) is 2.90. The van der Waals surface area contributed by atoms with Crippen molar-refractivity contribution in [1.82, 2.24) is 4.98 Å². The zero-order valence-electron chi connectivity index (χ0n) is 9.18. The minimum atomic E-state index is -0.950. The van der Waals surface area contributed by atoms with Crippen LogP contribution < -0.4 is 0 Å². The van der Waals surface area contributed by atoms with Gasteiger partial charge < -0.3 is 5.11 Å². The molecule has 0 aliphatic rings. The lowest BCUT2D eigenvalue weighted by Gasteiger charge is -1.91. The molecule has 2 heterocycles. The Kier molecular flexibility index (Phi) is 3.22. The van der Waals surface area contributed by atoms with Gasteiger partial charge >= 0.3 is 5.97 Å². The summed E-state index contributed by atoms with van der Waals surface area (Å²) >= 11 is 14.7. The lowest BCUT2D eigenvalue weighted by Crippen LogP contribution is -1.94. The third-order valence-corrected chi connectivity index (χ3v) is 5.06. The van der Waals surface area contributed by atoms with Crippen LogP contribution in [0.1, 0.15) is 10.4 Å². The van der Waals surface area contributed by atoms with E-state index in [2.05, 4.69) is 4.98 Å². The van der Waals surface area contributed by atoms with Crippen molar-refractivity contribution in [3.8, 4) is 10.6 Å². The molecule has 0 saturated carbocycles. The Balaban J connectivity index is 2.16. The van der Waals surface area contributed by atoms with Gasteiger partial charge in [0.2, 0.25) is 0 Å². The summed E-state index contributed by atoms with van der Waals surface area (Å²) < 4.78 is 2.00. The van der Waals surface area contributed by atoms with E-state index in [9.17, 15) is 4.79 Å². The molecule has 0 amide bonds. The third-order valence-electron chi connectivity index (χ3n) is 2.52. The van der Waals surface area contributed by atoms with E-state index in [1.165, 1.54) is 28.7 Å². The summed E-state index contributed by atoms with van der Waals surface area (Å²) in [5, 5.41) is 9.70. The summed E-state index contributed by atoms with van der Waals surface area (Å²) in [5.74, 6) is -0.950. The molecule has 3 nitrogen and oxygen atoms in total.